The first-order valence-corrected chi connectivity index (χ1v) is 7.91. The molecule has 0 aliphatic rings. The normalized spacial score (nSPS) is 11.9. The molecule has 0 atom stereocenters. The molecule has 0 aliphatic carbocycles. The Morgan fingerprint density at radius 1 is 1.40 bits per heavy atom. The highest BCUT2D eigenvalue weighted by Crippen LogP contribution is 2.24. The van der Waals surface area contributed by atoms with Crippen LogP contribution in [-0.2, 0) is 6.04 Å². The Labute approximate surface area is 74.0 Å². The molecule has 0 aliphatic heterocycles. The quantitative estimate of drug-likeness (QED) is 0.546. The Kier molecular flexibility index (Phi) is 2.69. The maximum Gasteiger partial charge on any atom is 0.348 e. The van der Waals surface area contributed by atoms with E-state index in [-0.39, 0.29) is 0 Å². The number of rotatable bonds is 2. The highest BCUT2D eigenvalue weighted by Gasteiger charge is 2.26. The van der Waals surface area contributed by atoms with Gasteiger partial charge in [-0.25, -0.2) is 0 Å². The smallest absolute Gasteiger partial charge is 0.348 e. The molecule has 0 saturated carbocycles. The van der Waals surface area contributed by atoms with Crippen LogP contribution in [0.25, 0.3) is 0 Å². The Morgan fingerprint density at radius 2 is 2.10 bits per heavy atom. The topological polar surface area (TPSA) is 13.1 Å². The van der Waals surface area contributed by atoms with E-state index in [1.165, 1.54) is 0 Å². The second-order valence-corrected chi connectivity index (χ2v) is 11.0. The average Bonchev–Trinajstić information content (AvgIpc) is 2.12. The Morgan fingerprint density at radius 3 is 2.50 bits per heavy atom. The van der Waals surface area contributed by atoms with Gasteiger partial charge < -0.3 is 4.42 Å². The van der Waals surface area contributed by atoms with Crippen LogP contribution in [0.4, 0.5) is 0 Å². The number of hydrogen-bond donors (Lipinski definition) is 0. The van der Waals surface area contributed by atoms with Crippen LogP contribution in [-0.4, -0.2) is 6.00 Å². The van der Waals surface area contributed by atoms with E-state index in [0.29, 0.717) is 6.04 Å². The molecule has 1 aromatic heterocycles. The molecule has 5 heteroatoms. The predicted molar refractivity (Wildman–Crippen MR) is 45.7 cm³/mol. The summed E-state index contributed by atoms with van der Waals surface area (Å²) in [5, 5.41) is 0. The van der Waals surface area contributed by atoms with E-state index in [1.54, 1.807) is 18.4 Å². The van der Waals surface area contributed by atoms with Crippen LogP contribution in [0.15, 0.2) is 22.8 Å². The molecule has 1 heterocycles. The van der Waals surface area contributed by atoms with E-state index in [9.17, 15) is 0 Å². The lowest BCUT2D eigenvalue weighted by Crippen LogP contribution is -2.13. The van der Waals surface area contributed by atoms with Crippen molar-refractivity contribution in [3.63, 3.8) is 0 Å². The van der Waals surface area contributed by atoms with Crippen LogP contribution in [0.5, 0.6) is 0 Å². The summed E-state index contributed by atoms with van der Waals surface area (Å²) in [4.78, 5) is 0. The van der Waals surface area contributed by atoms with Crippen molar-refractivity contribution in [2.75, 3.05) is 0 Å². The van der Waals surface area contributed by atoms with Gasteiger partial charge in [-0.3, -0.25) is 0 Å². The second-order valence-electron chi connectivity index (χ2n) is 1.87. The zero-order chi connectivity index (χ0) is 7.61. The van der Waals surface area contributed by atoms with Crippen molar-refractivity contribution in [1.82, 2.24) is 0 Å². The molecule has 0 aromatic carbocycles. The standard InChI is InChI=1S/C5H5Cl3OSi/c6-10(7,8)4-5-2-1-3-9-5/h1-3H,4H2. The van der Waals surface area contributed by atoms with E-state index >= 15 is 0 Å². The first-order chi connectivity index (χ1) is 4.58. The van der Waals surface area contributed by atoms with Crippen LogP contribution >= 0.6 is 33.2 Å². The molecule has 1 rings (SSSR count). The van der Waals surface area contributed by atoms with Crippen molar-refractivity contribution in [2.24, 2.45) is 0 Å². The molecule has 0 radical (unpaired) electrons. The number of hydrogen-bond acceptors (Lipinski definition) is 1. The Bertz CT molecular complexity index is 191. The Hall–Kier alpha value is 0.367. The van der Waals surface area contributed by atoms with Crippen LogP contribution in [0.1, 0.15) is 5.76 Å². The maximum absolute atomic E-state index is 5.63. The summed E-state index contributed by atoms with van der Waals surface area (Å²) in [5.74, 6) is 0.742. The van der Waals surface area contributed by atoms with Gasteiger partial charge in [-0.2, -0.15) is 0 Å². The molecule has 0 spiro atoms. The summed E-state index contributed by atoms with van der Waals surface area (Å²) < 4.78 is 4.99. The van der Waals surface area contributed by atoms with Crippen molar-refractivity contribution in [2.45, 2.75) is 6.04 Å². The fourth-order valence-corrected chi connectivity index (χ4v) is 2.39. The minimum atomic E-state index is -2.54. The third-order valence-electron chi connectivity index (χ3n) is 0.955. The van der Waals surface area contributed by atoms with Gasteiger partial charge in [-0.15, -0.1) is 33.2 Å². The molecule has 0 amide bonds. The fraction of sp³-hybridized carbons (Fsp3) is 0.200. The van der Waals surface area contributed by atoms with Crippen LogP contribution in [0, 0.1) is 0 Å². The Balaban J connectivity index is 2.57. The third-order valence-corrected chi connectivity index (χ3v) is 2.91. The van der Waals surface area contributed by atoms with Gasteiger partial charge in [0, 0.05) is 6.04 Å². The van der Waals surface area contributed by atoms with E-state index in [1.807, 2.05) is 0 Å². The van der Waals surface area contributed by atoms with Crippen molar-refractivity contribution >= 4 is 39.2 Å². The van der Waals surface area contributed by atoms with Gasteiger partial charge in [0.15, 0.2) is 0 Å². The minimum absolute atomic E-state index is 0.449. The molecule has 10 heavy (non-hydrogen) atoms. The highest BCUT2D eigenvalue weighted by molar-refractivity contribution is 7.64. The summed E-state index contributed by atoms with van der Waals surface area (Å²) in [6.07, 6.45) is 1.57. The molecule has 1 nitrogen and oxygen atoms in total. The van der Waals surface area contributed by atoms with Gasteiger partial charge in [0.05, 0.1) is 6.26 Å². The molecule has 56 valence electrons. The van der Waals surface area contributed by atoms with Gasteiger partial charge in [0.1, 0.15) is 5.76 Å². The minimum Gasteiger partial charge on any atom is -0.470 e. The van der Waals surface area contributed by atoms with Gasteiger partial charge in [0.2, 0.25) is 0 Å². The van der Waals surface area contributed by atoms with Gasteiger partial charge in [-0.1, -0.05) is 0 Å². The first kappa shape index (κ1) is 8.46. The van der Waals surface area contributed by atoms with Gasteiger partial charge in [0.25, 0.3) is 0 Å². The lowest BCUT2D eigenvalue weighted by atomic mass is 10.5. The molecular formula is C5H5Cl3OSi. The lowest BCUT2D eigenvalue weighted by Gasteiger charge is -2.02. The predicted octanol–water partition coefficient (Wildman–Crippen LogP) is 3.02. The molecule has 0 bridgehead atoms. The van der Waals surface area contributed by atoms with Crippen molar-refractivity contribution in [1.29, 1.82) is 0 Å². The SMILES string of the molecule is Cl[Si](Cl)(Cl)Cc1ccco1. The third kappa shape index (κ3) is 2.97. The van der Waals surface area contributed by atoms with Crippen LogP contribution in [0.2, 0.25) is 0 Å². The van der Waals surface area contributed by atoms with E-state index < -0.39 is 6.00 Å². The van der Waals surface area contributed by atoms with Gasteiger partial charge in [-0.05, 0) is 12.1 Å². The molecular weight excluding hydrogens is 210 g/mol. The van der Waals surface area contributed by atoms with E-state index in [0.717, 1.165) is 5.76 Å². The molecule has 0 saturated heterocycles. The molecule has 0 unspecified atom stereocenters. The monoisotopic (exact) mass is 214 g/mol. The van der Waals surface area contributed by atoms with E-state index in [2.05, 4.69) is 0 Å². The maximum atomic E-state index is 5.63. The van der Waals surface area contributed by atoms with E-state index in [4.69, 9.17) is 37.7 Å². The lowest BCUT2D eigenvalue weighted by molar-refractivity contribution is 0.528. The van der Waals surface area contributed by atoms with Crippen molar-refractivity contribution < 1.29 is 4.42 Å². The van der Waals surface area contributed by atoms with Crippen molar-refractivity contribution in [3.05, 3.63) is 24.2 Å². The van der Waals surface area contributed by atoms with Crippen LogP contribution < -0.4 is 0 Å². The fourth-order valence-electron chi connectivity index (χ4n) is 0.611. The first-order valence-electron chi connectivity index (χ1n) is 2.67. The summed E-state index contributed by atoms with van der Waals surface area (Å²) in [7, 11) is 0. The number of furan rings is 1. The zero-order valence-electron chi connectivity index (χ0n) is 4.98. The van der Waals surface area contributed by atoms with Gasteiger partial charge >= 0.3 is 6.00 Å². The van der Waals surface area contributed by atoms with Crippen molar-refractivity contribution in [3.8, 4) is 0 Å². The summed E-state index contributed by atoms with van der Waals surface area (Å²) in [5.41, 5.74) is 0. The zero-order valence-corrected chi connectivity index (χ0v) is 8.25. The molecule has 1 aromatic rings. The summed E-state index contributed by atoms with van der Waals surface area (Å²) >= 11 is 16.9. The summed E-state index contributed by atoms with van der Waals surface area (Å²) in [6.45, 7) is 0. The average molecular weight is 216 g/mol. The van der Waals surface area contributed by atoms with Crippen LogP contribution in [0.3, 0.4) is 0 Å². The largest absolute Gasteiger partial charge is 0.470 e. The second kappa shape index (κ2) is 3.18. The molecule has 0 fully saturated rings. The highest BCUT2D eigenvalue weighted by atomic mass is 35.8. The number of halogens is 3. The summed E-state index contributed by atoms with van der Waals surface area (Å²) in [6, 6.07) is 1.49. The molecule has 0 N–H and O–H groups in total.